The van der Waals surface area contributed by atoms with E-state index in [9.17, 15) is 4.39 Å². The van der Waals surface area contributed by atoms with E-state index in [4.69, 9.17) is 4.74 Å². The highest BCUT2D eigenvalue weighted by Gasteiger charge is 2.12. The van der Waals surface area contributed by atoms with Crippen LogP contribution in [0.3, 0.4) is 0 Å². The number of hydrogen-bond donors (Lipinski definition) is 1. The summed E-state index contributed by atoms with van der Waals surface area (Å²) in [6.45, 7) is 4.32. The molecule has 1 N–H and O–H groups in total. The molecule has 3 heteroatoms. The molecule has 1 rings (SSSR count). The van der Waals surface area contributed by atoms with Crippen molar-refractivity contribution in [3.8, 4) is 5.75 Å². The molecule has 14 heavy (non-hydrogen) atoms. The molecule has 0 unspecified atom stereocenters. The molecule has 0 aromatic heterocycles. The molecule has 0 heterocycles. The summed E-state index contributed by atoms with van der Waals surface area (Å²) in [6.07, 6.45) is 0. The predicted octanol–water partition coefficient (Wildman–Crippen LogP) is 2.17. The SMILES string of the molecule is CNCc1cc(F)c(C)c(OC)c1C. The monoisotopic (exact) mass is 197 g/mol. The van der Waals surface area contributed by atoms with Gasteiger partial charge in [0.2, 0.25) is 0 Å². The van der Waals surface area contributed by atoms with Gasteiger partial charge in [-0.05, 0) is 38.1 Å². The molecule has 0 radical (unpaired) electrons. The number of methoxy groups -OCH3 is 1. The molecular weight excluding hydrogens is 181 g/mol. The third kappa shape index (κ3) is 1.87. The van der Waals surface area contributed by atoms with Crippen LogP contribution in [-0.4, -0.2) is 14.2 Å². The van der Waals surface area contributed by atoms with Crippen LogP contribution in [0.15, 0.2) is 6.07 Å². The van der Waals surface area contributed by atoms with Crippen LogP contribution >= 0.6 is 0 Å². The van der Waals surface area contributed by atoms with Crippen molar-refractivity contribution in [2.45, 2.75) is 20.4 Å². The normalized spacial score (nSPS) is 10.4. The van der Waals surface area contributed by atoms with Gasteiger partial charge in [0.15, 0.2) is 0 Å². The van der Waals surface area contributed by atoms with E-state index in [1.165, 1.54) is 0 Å². The van der Waals surface area contributed by atoms with Gasteiger partial charge in [0.25, 0.3) is 0 Å². The lowest BCUT2D eigenvalue weighted by molar-refractivity contribution is 0.403. The van der Waals surface area contributed by atoms with E-state index in [0.717, 1.165) is 11.1 Å². The van der Waals surface area contributed by atoms with E-state index in [-0.39, 0.29) is 5.82 Å². The number of halogens is 1. The molecule has 0 atom stereocenters. The Bertz CT molecular complexity index is 337. The van der Waals surface area contributed by atoms with Crippen molar-refractivity contribution in [2.24, 2.45) is 0 Å². The summed E-state index contributed by atoms with van der Waals surface area (Å²) in [7, 11) is 3.40. The van der Waals surface area contributed by atoms with Crippen LogP contribution in [0.1, 0.15) is 16.7 Å². The highest BCUT2D eigenvalue weighted by Crippen LogP contribution is 2.28. The topological polar surface area (TPSA) is 21.3 Å². The summed E-state index contributed by atoms with van der Waals surface area (Å²) in [4.78, 5) is 0. The highest BCUT2D eigenvalue weighted by molar-refractivity contribution is 5.45. The van der Waals surface area contributed by atoms with Crippen molar-refractivity contribution in [2.75, 3.05) is 14.2 Å². The number of benzene rings is 1. The molecule has 2 nitrogen and oxygen atoms in total. The minimum absolute atomic E-state index is 0.210. The number of ether oxygens (including phenoxy) is 1. The van der Waals surface area contributed by atoms with E-state index in [0.29, 0.717) is 17.9 Å². The standard InChI is InChI=1S/C11H16FNO/c1-7-9(6-13-3)5-10(12)8(2)11(7)14-4/h5,13H,6H2,1-4H3. The van der Waals surface area contributed by atoms with Crippen molar-refractivity contribution in [3.63, 3.8) is 0 Å². The highest BCUT2D eigenvalue weighted by atomic mass is 19.1. The first-order valence-corrected chi connectivity index (χ1v) is 4.59. The summed E-state index contributed by atoms with van der Waals surface area (Å²) >= 11 is 0. The molecule has 0 saturated heterocycles. The molecule has 0 saturated carbocycles. The molecule has 1 aromatic carbocycles. The van der Waals surface area contributed by atoms with Gasteiger partial charge in [0.05, 0.1) is 7.11 Å². The smallest absolute Gasteiger partial charge is 0.130 e. The van der Waals surface area contributed by atoms with E-state index in [1.807, 2.05) is 14.0 Å². The maximum atomic E-state index is 13.4. The first-order valence-electron chi connectivity index (χ1n) is 4.59. The third-order valence-electron chi connectivity index (χ3n) is 2.39. The Morgan fingerprint density at radius 1 is 1.36 bits per heavy atom. The molecule has 78 valence electrons. The lowest BCUT2D eigenvalue weighted by Gasteiger charge is -2.13. The lowest BCUT2D eigenvalue weighted by Crippen LogP contribution is -2.08. The van der Waals surface area contributed by atoms with Gasteiger partial charge in [-0.2, -0.15) is 0 Å². The van der Waals surface area contributed by atoms with Gasteiger partial charge in [-0.3, -0.25) is 0 Å². The first kappa shape index (κ1) is 11.0. The number of hydrogen-bond acceptors (Lipinski definition) is 2. The van der Waals surface area contributed by atoms with Crippen LogP contribution in [-0.2, 0) is 6.54 Å². The largest absolute Gasteiger partial charge is 0.496 e. The Morgan fingerprint density at radius 2 is 2.00 bits per heavy atom. The van der Waals surface area contributed by atoms with Crippen LogP contribution in [0.5, 0.6) is 5.75 Å². The van der Waals surface area contributed by atoms with Crippen LogP contribution < -0.4 is 10.1 Å². The fourth-order valence-electron chi connectivity index (χ4n) is 1.59. The minimum Gasteiger partial charge on any atom is -0.496 e. The van der Waals surface area contributed by atoms with Crippen molar-refractivity contribution >= 4 is 0 Å². The summed E-state index contributed by atoms with van der Waals surface area (Å²) < 4.78 is 18.6. The van der Waals surface area contributed by atoms with Crippen LogP contribution in [0.25, 0.3) is 0 Å². The summed E-state index contributed by atoms with van der Waals surface area (Å²) in [5, 5.41) is 3.00. The fourth-order valence-corrected chi connectivity index (χ4v) is 1.59. The average molecular weight is 197 g/mol. The zero-order valence-electron chi connectivity index (χ0n) is 9.07. The van der Waals surface area contributed by atoms with Gasteiger partial charge >= 0.3 is 0 Å². The predicted molar refractivity (Wildman–Crippen MR) is 55.2 cm³/mol. The van der Waals surface area contributed by atoms with E-state index in [2.05, 4.69) is 5.32 Å². The van der Waals surface area contributed by atoms with Gasteiger partial charge in [-0.1, -0.05) is 0 Å². The molecule has 0 aliphatic heterocycles. The van der Waals surface area contributed by atoms with Gasteiger partial charge in [0.1, 0.15) is 11.6 Å². The van der Waals surface area contributed by atoms with E-state index in [1.54, 1.807) is 20.1 Å². The second-order valence-electron chi connectivity index (χ2n) is 3.33. The van der Waals surface area contributed by atoms with Crippen LogP contribution in [0.4, 0.5) is 4.39 Å². The van der Waals surface area contributed by atoms with Crippen molar-refractivity contribution in [3.05, 3.63) is 28.6 Å². The Labute approximate surface area is 84.1 Å². The average Bonchev–Trinajstić information content (AvgIpc) is 2.16. The fraction of sp³-hybridized carbons (Fsp3) is 0.455. The van der Waals surface area contributed by atoms with Gasteiger partial charge in [-0.15, -0.1) is 0 Å². The summed E-state index contributed by atoms with van der Waals surface area (Å²) in [5.74, 6) is 0.438. The zero-order chi connectivity index (χ0) is 10.7. The van der Waals surface area contributed by atoms with E-state index >= 15 is 0 Å². The quantitative estimate of drug-likeness (QED) is 0.801. The summed E-state index contributed by atoms with van der Waals surface area (Å²) in [6, 6.07) is 1.56. The molecule has 1 aromatic rings. The molecule has 0 spiro atoms. The maximum absolute atomic E-state index is 13.4. The van der Waals surface area contributed by atoms with Crippen molar-refractivity contribution in [1.29, 1.82) is 0 Å². The van der Waals surface area contributed by atoms with Crippen LogP contribution in [0.2, 0.25) is 0 Å². The number of rotatable bonds is 3. The lowest BCUT2D eigenvalue weighted by atomic mass is 10.0. The molecule has 0 amide bonds. The zero-order valence-corrected chi connectivity index (χ0v) is 9.07. The van der Waals surface area contributed by atoms with Crippen molar-refractivity contribution in [1.82, 2.24) is 5.32 Å². The minimum atomic E-state index is -0.210. The Morgan fingerprint density at radius 3 is 2.50 bits per heavy atom. The maximum Gasteiger partial charge on any atom is 0.130 e. The Balaban J connectivity index is 3.27. The van der Waals surface area contributed by atoms with E-state index < -0.39 is 0 Å². The second kappa shape index (κ2) is 4.42. The Kier molecular flexibility index (Phi) is 3.47. The molecule has 0 aliphatic rings. The Hall–Kier alpha value is -1.09. The second-order valence-corrected chi connectivity index (χ2v) is 3.33. The number of nitrogens with one attached hydrogen (secondary N) is 1. The third-order valence-corrected chi connectivity index (χ3v) is 2.39. The summed E-state index contributed by atoms with van der Waals surface area (Å²) in [5.41, 5.74) is 2.51. The first-order chi connectivity index (χ1) is 6.61. The molecular formula is C11H16FNO. The molecule has 0 fully saturated rings. The van der Waals surface area contributed by atoms with Gasteiger partial charge in [-0.25, -0.2) is 4.39 Å². The van der Waals surface area contributed by atoms with Gasteiger partial charge < -0.3 is 10.1 Å². The van der Waals surface area contributed by atoms with Crippen molar-refractivity contribution < 1.29 is 9.13 Å². The molecule has 0 aliphatic carbocycles. The van der Waals surface area contributed by atoms with Gasteiger partial charge in [0, 0.05) is 12.1 Å². The van der Waals surface area contributed by atoms with Crippen LogP contribution in [0, 0.1) is 19.7 Å². The molecule has 0 bridgehead atoms.